The molecule has 1 N–H and O–H groups in total. The maximum absolute atomic E-state index is 11.9. The Labute approximate surface area is 156 Å². The molecular formula is C22H28N2O2. The quantitative estimate of drug-likeness (QED) is 0.736. The van der Waals surface area contributed by atoms with Gasteiger partial charge in [0, 0.05) is 6.54 Å². The lowest BCUT2D eigenvalue weighted by Gasteiger charge is -2.26. The molecule has 2 aromatic carbocycles. The van der Waals surface area contributed by atoms with Gasteiger partial charge in [-0.15, -0.1) is 0 Å². The normalized spacial score (nSPS) is 14.8. The van der Waals surface area contributed by atoms with Crippen LogP contribution in [0.15, 0.2) is 54.6 Å². The number of hydrogen-bond donors (Lipinski definition) is 1. The number of nitrogens with zero attached hydrogens (tertiary/aromatic N) is 1. The molecule has 1 heterocycles. The first kappa shape index (κ1) is 18.5. The molecule has 138 valence electrons. The molecule has 0 aromatic heterocycles. The molecule has 3 rings (SSSR count). The van der Waals surface area contributed by atoms with Crippen molar-refractivity contribution in [3.63, 3.8) is 0 Å². The number of benzene rings is 2. The fourth-order valence-electron chi connectivity index (χ4n) is 3.29. The van der Waals surface area contributed by atoms with Gasteiger partial charge < -0.3 is 15.0 Å². The molecule has 1 amide bonds. The molecule has 0 saturated carbocycles. The molecule has 26 heavy (non-hydrogen) atoms. The second-order valence-corrected chi connectivity index (χ2v) is 6.78. The van der Waals surface area contributed by atoms with E-state index >= 15 is 0 Å². The van der Waals surface area contributed by atoms with Crippen molar-refractivity contribution in [1.29, 1.82) is 0 Å². The van der Waals surface area contributed by atoms with Crippen LogP contribution in [0.25, 0.3) is 11.1 Å². The largest absolute Gasteiger partial charge is 0.484 e. The number of piperidine rings is 1. The van der Waals surface area contributed by atoms with Crippen LogP contribution in [-0.4, -0.2) is 43.6 Å². The molecule has 1 aliphatic rings. The molecule has 0 spiro atoms. The molecule has 0 radical (unpaired) electrons. The van der Waals surface area contributed by atoms with Gasteiger partial charge in [-0.05, 0) is 62.2 Å². The summed E-state index contributed by atoms with van der Waals surface area (Å²) in [5, 5.41) is 2.94. The number of likely N-dealkylation sites (tertiary alicyclic amines) is 1. The number of rotatable bonds is 8. The van der Waals surface area contributed by atoms with E-state index in [1.54, 1.807) is 0 Å². The standard InChI is InChI=1S/C22H28N2O2/c25-22(23-14-7-17-24-15-5-2-6-16-24)18-26-21-12-10-20(11-13-21)19-8-3-1-4-9-19/h1,3-4,8-13H,2,5-7,14-18H2,(H,23,25). The summed E-state index contributed by atoms with van der Waals surface area (Å²) in [5.41, 5.74) is 2.31. The second kappa shape index (κ2) is 9.97. The Bertz CT molecular complexity index is 664. The predicted molar refractivity (Wildman–Crippen MR) is 105 cm³/mol. The lowest BCUT2D eigenvalue weighted by Crippen LogP contribution is -2.34. The molecule has 0 atom stereocenters. The van der Waals surface area contributed by atoms with E-state index in [1.165, 1.54) is 37.9 Å². The van der Waals surface area contributed by atoms with Gasteiger partial charge in [0.1, 0.15) is 5.75 Å². The van der Waals surface area contributed by atoms with Crippen LogP contribution in [0.3, 0.4) is 0 Å². The molecule has 0 bridgehead atoms. The van der Waals surface area contributed by atoms with Gasteiger partial charge in [-0.1, -0.05) is 48.9 Å². The van der Waals surface area contributed by atoms with Gasteiger partial charge in [-0.3, -0.25) is 4.79 Å². The SMILES string of the molecule is O=C(COc1ccc(-c2ccccc2)cc1)NCCCN1CCCCC1. The highest BCUT2D eigenvalue weighted by molar-refractivity contribution is 5.77. The van der Waals surface area contributed by atoms with Gasteiger partial charge in [0.05, 0.1) is 0 Å². The van der Waals surface area contributed by atoms with Gasteiger partial charge in [-0.2, -0.15) is 0 Å². The van der Waals surface area contributed by atoms with E-state index in [9.17, 15) is 4.79 Å². The first-order valence-electron chi connectivity index (χ1n) is 9.58. The van der Waals surface area contributed by atoms with Crippen molar-refractivity contribution < 1.29 is 9.53 Å². The van der Waals surface area contributed by atoms with Crippen LogP contribution in [0.5, 0.6) is 5.75 Å². The van der Waals surface area contributed by atoms with Crippen molar-refractivity contribution in [2.24, 2.45) is 0 Å². The van der Waals surface area contributed by atoms with E-state index in [0.717, 1.165) is 18.5 Å². The smallest absolute Gasteiger partial charge is 0.257 e. The van der Waals surface area contributed by atoms with Gasteiger partial charge in [0.25, 0.3) is 5.91 Å². The van der Waals surface area contributed by atoms with Gasteiger partial charge in [0.15, 0.2) is 6.61 Å². The summed E-state index contributed by atoms with van der Waals surface area (Å²) in [6.45, 7) is 4.26. The van der Waals surface area contributed by atoms with E-state index in [1.807, 2.05) is 42.5 Å². The molecule has 4 nitrogen and oxygen atoms in total. The fourth-order valence-corrected chi connectivity index (χ4v) is 3.29. The van der Waals surface area contributed by atoms with Crippen LogP contribution in [-0.2, 0) is 4.79 Å². The predicted octanol–water partition coefficient (Wildman–Crippen LogP) is 3.72. The van der Waals surface area contributed by atoms with Gasteiger partial charge >= 0.3 is 0 Å². The number of amides is 1. The molecule has 0 aliphatic carbocycles. The maximum Gasteiger partial charge on any atom is 0.257 e. The summed E-state index contributed by atoms with van der Waals surface area (Å²) in [6, 6.07) is 18.1. The Morgan fingerprint density at radius 3 is 2.35 bits per heavy atom. The average molecular weight is 352 g/mol. The summed E-state index contributed by atoms with van der Waals surface area (Å²) in [4.78, 5) is 14.4. The first-order valence-corrected chi connectivity index (χ1v) is 9.58. The lowest BCUT2D eigenvalue weighted by atomic mass is 10.1. The fraction of sp³-hybridized carbons (Fsp3) is 0.409. The highest BCUT2D eigenvalue weighted by atomic mass is 16.5. The Morgan fingerprint density at radius 1 is 0.923 bits per heavy atom. The molecule has 1 fully saturated rings. The highest BCUT2D eigenvalue weighted by Crippen LogP contribution is 2.21. The van der Waals surface area contributed by atoms with Crippen molar-refractivity contribution in [1.82, 2.24) is 10.2 Å². The molecule has 1 aliphatic heterocycles. The van der Waals surface area contributed by atoms with Crippen molar-refractivity contribution >= 4 is 5.91 Å². The van der Waals surface area contributed by atoms with Crippen molar-refractivity contribution in [3.8, 4) is 16.9 Å². The van der Waals surface area contributed by atoms with E-state index in [4.69, 9.17) is 4.74 Å². The maximum atomic E-state index is 11.9. The molecule has 1 saturated heterocycles. The third-order valence-electron chi connectivity index (χ3n) is 4.75. The third kappa shape index (κ3) is 5.88. The lowest BCUT2D eigenvalue weighted by molar-refractivity contribution is -0.123. The third-order valence-corrected chi connectivity index (χ3v) is 4.75. The summed E-state index contributed by atoms with van der Waals surface area (Å²) in [6.07, 6.45) is 4.97. The van der Waals surface area contributed by atoms with Crippen LogP contribution in [0.2, 0.25) is 0 Å². The van der Waals surface area contributed by atoms with Crippen molar-refractivity contribution in [2.75, 3.05) is 32.8 Å². The van der Waals surface area contributed by atoms with Gasteiger partial charge in [-0.25, -0.2) is 0 Å². The number of carbonyl (C=O) groups is 1. The summed E-state index contributed by atoms with van der Waals surface area (Å²) in [5.74, 6) is 0.656. The number of hydrogen-bond acceptors (Lipinski definition) is 3. The summed E-state index contributed by atoms with van der Waals surface area (Å²) >= 11 is 0. The van der Waals surface area contributed by atoms with Crippen LogP contribution >= 0.6 is 0 Å². The van der Waals surface area contributed by atoms with Crippen LogP contribution < -0.4 is 10.1 Å². The van der Waals surface area contributed by atoms with Crippen molar-refractivity contribution in [3.05, 3.63) is 54.6 Å². The van der Waals surface area contributed by atoms with E-state index in [2.05, 4.69) is 22.3 Å². The Balaban J connectivity index is 1.33. The van der Waals surface area contributed by atoms with Gasteiger partial charge in [0.2, 0.25) is 0 Å². The molecule has 2 aromatic rings. The molecule has 0 unspecified atom stereocenters. The van der Waals surface area contributed by atoms with E-state index in [-0.39, 0.29) is 12.5 Å². The molecular weight excluding hydrogens is 324 g/mol. The zero-order valence-electron chi connectivity index (χ0n) is 15.3. The minimum atomic E-state index is -0.0595. The van der Waals surface area contributed by atoms with Crippen molar-refractivity contribution in [2.45, 2.75) is 25.7 Å². The monoisotopic (exact) mass is 352 g/mol. The number of nitrogens with one attached hydrogen (secondary N) is 1. The Kier molecular flexibility index (Phi) is 7.08. The summed E-state index contributed by atoms with van der Waals surface area (Å²) in [7, 11) is 0. The minimum absolute atomic E-state index is 0.0595. The zero-order valence-corrected chi connectivity index (χ0v) is 15.3. The van der Waals surface area contributed by atoms with E-state index < -0.39 is 0 Å². The molecule has 4 heteroatoms. The Morgan fingerprint density at radius 2 is 1.62 bits per heavy atom. The highest BCUT2D eigenvalue weighted by Gasteiger charge is 2.09. The first-order chi connectivity index (χ1) is 12.8. The second-order valence-electron chi connectivity index (χ2n) is 6.78. The topological polar surface area (TPSA) is 41.6 Å². The van der Waals surface area contributed by atoms with Crippen LogP contribution in [0.4, 0.5) is 0 Å². The minimum Gasteiger partial charge on any atom is -0.484 e. The van der Waals surface area contributed by atoms with Crippen LogP contribution in [0, 0.1) is 0 Å². The average Bonchev–Trinajstić information content (AvgIpc) is 2.71. The number of carbonyl (C=O) groups excluding carboxylic acids is 1. The van der Waals surface area contributed by atoms with Crippen LogP contribution in [0.1, 0.15) is 25.7 Å². The summed E-state index contributed by atoms with van der Waals surface area (Å²) < 4.78 is 5.58. The Hall–Kier alpha value is -2.33. The number of ether oxygens (including phenoxy) is 1. The van der Waals surface area contributed by atoms with E-state index in [0.29, 0.717) is 12.3 Å². The zero-order chi connectivity index (χ0) is 18.0.